The zero-order valence-electron chi connectivity index (χ0n) is 15.8. The van der Waals surface area contributed by atoms with Crippen LogP contribution in [0.15, 0.2) is 48.5 Å². The second-order valence-corrected chi connectivity index (χ2v) is 6.87. The number of nitrogens with zero attached hydrogens (tertiary/aromatic N) is 1. The standard InChI is InChI=1S/C22H27N3O2/c1-2-13-23-21(26)22(27)24-14-11-17-7-9-20(10-8-17)25-15-12-18-5-3-4-6-19(18)16-25/h3-10H,2,11-16H2,1H3,(H,23,26)(H,24,27). The van der Waals surface area contributed by atoms with Gasteiger partial charge in [0.25, 0.3) is 0 Å². The molecule has 2 aromatic carbocycles. The van der Waals surface area contributed by atoms with Crippen molar-refractivity contribution in [3.05, 3.63) is 65.2 Å². The molecule has 0 bridgehead atoms. The third-order valence-electron chi connectivity index (χ3n) is 4.87. The lowest BCUT2D eigenvalue weighted by Gasteiger charge is -2.30. The monoisotopic (exact) mass is 365 g/mol. The second kappa shape index (κ2) is 9.21. The molecular formula is C22H27N3O2. The molecule has 0 aromatic heterocycles. The number of hydrogen-bond donors (Lipinski definition) is 2. The second-order valence-electron chi connectivity index (χ2n) is 6.87. The normalized spacial score (nSPS) is 13.0. The van der Waals surface area contributed by atoms with Gasteiger partial charge in [0.1, 0.15) is 0 Å². The first-order valence-electron chi connectivity index (χ1n) is 9.64. The van der Waals surface area contributed by atoms with Crippen LogP contribution < -0.4 is 15.5 Å². The Morgan fingerprint density at radius 1 is 0.926 bits per heavy atom. The Kier molecular flexibility index (Phi) is 6.47. The Labute approximate surface area is 160 Å². The highest BCUT2D eigenvalue weighted by atomic mass is 16.2. The summed E-state index contributed by atoms with van der Waals surface area (Å²) >= 11 is 0. The molecule has 0 aliphatic carbocycles. The van der Waals surface area contributed by atoms with Crippen molar-refractivity contribution < 1.29 is 9.59 Å². The van der Waals surface area contributed by atoms with Crippen LogP contribution in [0.3, 0.4) is 0 Å². The minimum absolute atomic E-state index is 0.453. The van der Waals surface area contributed by atoms with Gasteiger partial charge in [-0.05, 0) is 48.1 Å². The molecule has 0 fully saturated rings. The van der Waals surface area contributed by atoms with Crippen LogP contribution in [0.25, 0.3) is 0 Å². The number of anilines is 1. The molecule has 3 rings (SSSR count). The molecule has 2 N–H and O–H groups in total. The molecule has 0 atom stereocenters. The van der Waals surface area contributed by atoms with Crippen molar-refractivity contribution in [2.24, 2.45) is 0 Å². The maximum atomic E-state index is 11.7. The highest BCUT2D eigenvalue weighted by Crippen LogP contribution is 2.24. The van der Waals surface area contributed by atoms with Crippen LogP contribution in [0, 0.1) is 0 Å². The summed E-state index contributed by atoms with van der Waals surface area (Å²) in [6, 6.07) is 17.1. The van der Waals surface area contributed by atoms with Gasteiger partial charge in [0.2, 0.25) is 0 Å². The molecule has 0 radical (unpaired) electrons. The number of nitrogens with one attached hydrogen (secondary N) is 2. The van der Waals surface area contributed by atoms with E-state index in [1.165, 1.54) is 16.8 Å². The molecule has 2 amide bonds. The molecule has 0 saturated heterocycles. The first-order chi connectivity index (χ1) is 13.2. The summed E-state index contributed by atoms with van der Waals surface area (Å²) < 4.78 is 0. The number of amides is 2. The van der Waals surface area contributed by atoms with Crippen molar-refractivity contribution in [1.82, 2.24) is 10.6 Å². The Balaban J connectivity index is 1.48. The van der Waals surface area contributed by atoms with E-state index in [-0.39, 0.29) is 0 Å². The SMILES string of the molecule is CCCNC(=O)C(=O)NCCc1ccc(N2CCc3ccccc3C2)cc1. The van der Waals surface area contributed by atoms with Crippen molar-refractivity contribution in [2.75, 3.05) is 24.5 Å². The molecule has 142 valence electrons. The Bertz CT molecular complexity index is 786. The Morgan fingerprint density at radius 2 is 1.59 bits per heavy atom. The fourth-order valence-electron chi connectivity index (χ4n) is 3.31. The summed E-state index contributed by atoms with van der Waals surface area (Å²) in [6.07, 6.45) is 2.59. The van der Waals surface area contributed by atoms with Crippen LogP contribution in [0.1, 0.15) is 30.0 Å². The van der Waals surface area contributed by atoms with Gasteiger partial charge in [0, 0.05) is 31.9 Å². The zero-order chi connectivity index (χ0) is 19.1. The zero-order valence-corrected chi connectivity index (χ0v) is 15.8. The van der Waals surface area contributed by atoms with E-state index in [0.29, 0.717) is 19.5 Å². The lowest BCUT2D eigenvalue weighted by Crippen LogP contribution is -2.40. The summed E-state index contributed by atoms with van der Waals surface area (Å²) in [5.41, 5.74) is 5.21. The largest absolute Gasteiger partial charge is 0.367 e. The van der Waals surface area contributed by atoms with Gasteiger partial charge in [-0.1, -0.05) is 43.3 Å². The summed E-state index contributed by atoms with van der Waals surface area (Å²) in [7, 11) is 0. The fourth-order valence-corrected chi connectivity index (χ4v) is 3.31. The van der Waals surface area contributed by atoms with Crippen LogP contribution in [0.2, 0.25) is 0 Å². The van der Waals surface area contributed by atoms with Crippen LogP contribution in [0.5, 0.6) is 0 Å². The summed E-state index contributed by atoms with van der Waals surface area (Å²) in [5, 5.41) is 5.24. The average molecular weight is 365 g/mol. The van der Waals surface area contributed by atoms with Crippen molar-refractivity contribution in [1.29, 1.82) is 0 Å². The maximum Gasteiger partial charge on any atom is 0.309 e. The molecule has 0 saturated carbocycles. The van der Waals surface area contributed by atoms with Crippen LogP contribution in [-0.2, 0) is 29.0 Å². The Hall–Kier alpha value is -2.82. The molecule has 1 aliphatic heterocycles. The minimum atomic E-state index is -0.563. The van der Waals surface area contributed by atoms with Gasteiger partial charge in [0.15, 0.2) is 0 Å². The van der Waals surface area contributed by atoms with E-state index in [4.69, 9.17) is 0 Å². The lowest BCUT2D eigenvalue weighted by atomic mass is 9.99. The van der Waals surface area contributed by atoms with E-state index >= 15 is 0 Å². The van der Waals surface area contributed by atoms with Gasteiger partial charge in [-0.2, -0.15) is 0 Å². The van der Waals surface area contributed by atoms with Crippen LogP contribution >= 0.6 is 0 Å². The molecule has 0 unspecified atom stereocenters. The number of carbonyl (C=O) groups excluding carboxylic acids is 2. The topological polar surface area (TPSA) is 61.4 Å². The molecule has 1 aliphatic rings. The third-order valence-corrected chi connectivity index (χ3v) is 4.87. The van der Waals surface area contributed by atoms with Crippen molar-refractivity contribution in [3.63, 3.8) is 0 Å². The van der Waals surface area contributed by atoms with Crippen molar-refractivity contribution in [3.8, 4) is 0 Å². The highest BCUT2D eigenvalue weighted by Gasteiger charge is 2.16. The molecule has 0 spiro atoms. The minimum Gasteiger partial charge on any atom is -0.367 e. The van der Waals surface area contributed by atoms with E-state index in [1.807, 2.05) is 6.92 Å². The first kappa shape index (κ1) is 19.0. The lowest BCUT2D eigenvalue weighted by molar-refractivity contribution is -0.139. The molecule has 27 heavy (non-hydrogen) atoms. The Morgan fingerprint density at radius 3 is 2.30 bits per heavy atom. The van der Waals surface area contributed by atoms with Crippen molar-refractivity contribution >= 4 is 17.5 Å². The fraction of sp³-hybridized carbons (Fsp3) is 0.364. The molecule has 1 heterocycles. The molecule has 5 heteroatoms. The number of hydrogen-bond acceptors (Lipinski definition) is 3. The van der Waals surface area contributed by atoms with Gasteiger partial charge in [-0.3, -0.25) is 9.59 Å². The van der Waals surface area contributed by atoms with Crippen molar-refractivity contribution in [2.45, 2.75) is 32.7 Å². The summed E-state index contributed by atoms with van der Waals surface area (Å²) in [6.45, 7) is 4.89. The number of rotatable bonds is 6. The van der Waals surface area contributed by atoms with Gasteiger partial charge in [0.05, 0.1) is 0 Å². The van der Waals surface area contributed by atoms with Gasteiger partial charge >= 0.3 is 11.8 Å². The number of carbonyl (C=O) groups is 2. The van der Waals surface area contributed by atoms with E-state index in [9.17, 15) is 9.59 Å². The molecular weight excluding hydrogens is 338 g/mol. The number of benzene rings is 2. The van der Waals surface area contributed by atoms with E-state index < -0.39 is 11.8 Å². The van der Waals surface area contributed by atoms with Gasteiger partial charge in [-0.15, -0.1) is 0 Å². The van der Waals surface area contributed by atoms with Gasteiger partial charge in [-0.25, -0.2) is 0 Å². The smallest absolute Gasteiger partial charge is 0.309 e. The van der Waals surface area contributed by atoms with Gasteiger partial charge < -0.3 is 15.5 Å². The summed E-state index contributed by atoms with van der Waals surface area (Å²) in [4.78, 5) is 25.6. The van der Waals surface area contributed by atoms with Crippen LogP contribution in [0.4, 0.5) is 5.69 Å². The van der Waals surface area contributed by atoms with E-state index in [0.717, 1.165) is 31.5 Å². The van der Waals surface area contributed by atoms with E-state index in [2.05, 4.69) is 64.1 Å². The average Bonchev–Trinajstić information content (AvgIpc) is 2.72. The predicted octanol–water partition coefficient (Wildman–Crippen LogP) is 2.43. The van der Waals surface area contributed by atoms with Crippen LogP contribution in [-0.4, -0.2) is 31.4 Å². The number of fused-ring (bicyclic) bond motifs is 1. The molecule has 2 aromatic rings. The van der Waals surface area contributed by atoms with E-state index in [1.54, 1.807) is 0 Å². The predicted molar refractivity (Wildman–Crippen MR) is 108 cm³/mol. The summed E-state index contributed by atoms with van der Waals surface area (Å²) in [5.74, 6) is -1.12. The quantitative estimate of drug-likeness (QED) is 0.773. The first-order valence-corrected chi connectivity index (χ1v) is 9.64. The third kappa shape index (κ3) is 5.09. The maximum absolute atomic E-state index is 11.7. The highest BCUT2D eigenvalue weighted by molar-refractivity contribution is 6.35. The molecule has 5 nitrogen and oxygen atoms in total.